The molecule has 0 amide bonds. The first-order valence-corrected chi connectivity index (χ1v) is 7.84. The summed E-state index contributed by atoms with van der Waals surface area (Å²) < 4.78 is 0. The van der Waals surface area contributed by atoms with Crippen LogP contribution in [0.5, 0.6) is 0 Å². The topological polar surface area (TPSA) is 0 Å². The van der Waals surface area contributed by atoms with Crippen LogP contribution in [0.1, 0.15) is 22.1 Å². The minimum Gasteiger partial charge on any atom is -0.113 e. The molecule has 0 saturated heterocycles. The summed E-state index contributed by atoms with van der Waals surface area (Å²) in [4.78, 5) is 0. The van der Waals surface area contributed by atoms with Crippen LogP contribution in [0.15, 0.2) is 54.6 Å². The third-order valence-corrected chi connectivity index (χ3v) is 4.89. The molecule has 1 unspecified atom stereocenters. The molecule has 0 heterocycles. The molecule has 3 rings (SSSR count). The minimum atomic E-state index is -0.259. The quantitative estimate of drug-likeness (QED) is 0.453. The van der Waals surface area contributed by atoms with Gasteiger partial charge in [0.2, 0.25) is 0 Å². The van der Waals surface area contributed by atoms with Gasteiger partial charge in [0.15, 0.2) is 0 Å². The SMILES string of the molecule is Cc1ccc(C(Cl)c2ccc(Cl)c3ccccc23)cc1Cl. The second-order valence-corrected chi connectivity index (χ2v) is 6.30. The van der Waals surface area contributed by atoms with E-state index in [1.54, 1.807) is 0 Å². The van der Waals surface area contributed by atoms with Gasteiger partial charge < -0.3 is 0 Å². The first-order chi connectivity index (χ1) is 10.1. The van der Waals surface area contributed by atoms with Crippen molar-refractivity contribution in [2.75, 3.05) is 0 Å². The Morgan fingerprint density at radius 1 is 0.810 bits per heavy atom. The highest BCUT2D eigenvalue weighted by Crippen LogP contribution is 2.37. The summed E-state index contributed by atoms with van der Waals surface area (Å²) >= 11 is 19.2. The third kappa shape index (κ3) is 2.76. The summed E-state index contributed by atoms with van der Waals surface area (Å²) in [5.41, 5.74) is 3.07. The van der Waals surface area contributed by atoms with Gasteiger partial charge >= 0.3 is 0 Å². The van der Waals surface area contributed by atoms with Crippen LogP contribution in [-0.4, -0.2) is 0 Å². The molecule has 0 aliphatic rings. The average Bonchev–Trinajstić information content (AvgIpc) is 2.50. The second-order valence-electron chi connectivity index (χ2n) is 5.05. The van der Waals surface area contributed by atoms with Gasteiger partial charge in [-0.15, -0.1) is 11.6 Å². The Bertz CT molecular complexity index is 809. The molecule has 0 bridgehead atoms. The Hall–Kier alpha value is -1.21. The van der Waals surface area contributed by atoms with Crippen molar-refractivity contribution in [1.82, 2.24) is 0 Å². The summed E-state index contributed by atoms with van der Waals surface area (Å²) in [5, 5.41) is 3.30. The molecule has 0 aromatic heterocycles. The first kappa shape index (κ1) is 14.7. The van der Waals surface area contributed by atoms with E-state index in [1.165, 1.54) is 0 Å². The average molecular weight is 336 g/mol. The van der Waals surface area contributed by atoms with Gasteiger partial charge in [0.05, 0.1) is 5.38 Å². The molecule has 0 fully saturated rings. The summed E-state index contributed by atoms with van der Waals surface area (Å²) in [7, 11) is 0. The second kappa shape index (κ2) is 5.88. The van der Waals surface area contributed by atoms with E-state index in [0.29, 0.717) is 0 Å². The molecule has 0 spiro atoms. The van der Waals surface area contributed by atoms with Crippen molar-refractivity contribution in [2.45, 2.75) is 12.3 Å². The molecule has 1 atom stereocenters. The van der Waals surface area contributed by atoms with Crippen LogP contribution >= 0.6 is 34.8 Å². The first-order valence-electron chi connectivity index (χ1n) is 6.65. The van der Waals surface area contributed by atoms with Gasteiger partial charge in [-0.3, -0.25) is 0 Å². The van der Waals surface area contributed by atoms with Crippen molar-refractivity contribution in [3.05, 3.63) is 81.3 Å². The number of halogens is 3. The number of aryl methyl sites for hydroxylation is 1. The predicted molar refractivity (Wildman–Crippen MR) is 92.8 cm³/mol. The maximum Gasteiger partial charge on any atom is 0.0841 e. The van der Waals surface area contributed by atoms with E-state index in [-0.39, 0.29) is 5.38 Å². The molecule has 106 valence electrons. The lowest BCUT2D eigenvalue weighted by molar-refractivity contribution is 1.15. The van der Waals surface area contributed by atoms with Crippen molar-refractivity contribution >= 4 is 45.6 Å². The number of hydrogen-bond donors (Lipinski definition) is 0. The van der Waals surface area contributed by atoms with Gasteiger partial charge in [-0.2, -0.15) is 0 Å². The van der Waals surface area contributed by atoms with Crippen molar-refractivity contribution in [3.8, 4) is 0 Å². The van der Waals surface area contributed by atoms with Crippen LogP contribution in [0, 0.1) is 6.92 Å². The van der Waals surface area contributed by atoms with E-state index >= 15 is 0 Å². The van der Waals surface area contributed by atoms with E-state index in [2.05, 4.69) is 0 Å². The highest BCUT2D eigenvalue weighted by molar-refractivity contribution is 6.36. The summed E-state index contributed by atoms with van der Waals surface area (Å²) in [6, 6.07) is 17.8. The zero-order chi connectivity index (χ0) is 15.0. The van der Waals surface area contributed by atoms with E-state index in [4.69, 9.17) is 34.8 Å². The van der Waals surface area contributed by atoms with E-state index in [1.807, 2.05) is 61.5 Å². The zero-order valence-electron chi connectivity index (χ0n) is 11.4. The fourth-order valence-corrected chi connectivity index (χ4v) is 3.20. The molecule has 0 saturated carbocycles. The minimum absolute atomic E-state index is 0.259. The van der Waals surface area contributed by atoms with E-state index in [9.17, 15) is 0 Å². The molecular formula is C18H13Cl3. The fourth-order valence-electron chi connectivity index (χ4n) is 2.45. The normalized spacial score (nSPS) is 12.6. The molecular weight excluding hydrogens is 323 g/mol. The number of fused-ring (bicyclic) bond motifs is 1. The van der Waals surface area contributed by atoms with Crippen molar-refractivity contribution in [3.63, 3.8) is 0 Å². The lowest BCUT2D eigenvalue weighted by atomic mass is 9.97. The van der Waals surface area contributed by atoms with E-state index in [0.717, 1.165) is 37.5 Å². The maximum atomic E-state index is 6.69. The van der Waals surface area contributed by atoms with Crippen molar-refractivity contribution in [1.29, 1.82) is 0 Å². The van der Waals surface area contributed by atoms with Gasteiger partial charge in [0, 0.05) is 15.4 Å². The molecule has 0 aliphatic carbocycles. The highest BCUT2D eigenvalue weighted by atomic mass is 35.5. The molecule has 0 nitrogen and oxygen atoms in total. The Kier molecular flexibility index (Phi) is 4.12. The van der Waals surface area contributed by atoms with Crippen molar-refractivity contribution < 1.29 is 0 Å². The summed E-state index contributed by atoms with van der Waals surface area (Å²) in [6.07, 6.45) is 0. The van der Waals surface area contributed by atoms with Gasteiger partial charge in [-0.05, 0) is 41.1 Å². The lowest BCUT2D eigenvalue weighted by Gasteiger charge is -2.15. The Balaban J connectivity index is 2.15. The van der Waals surface area contributed by atoms with Gasteiger partial charge in [-0.1, -0.05) is 65.7 Å². The zero-order valence-corrected chi connectivity index (χ0v) is 13.7. The Morgan fingerprint density at radius 2 is 1.52 bits per heavy atom. The van der Waals surface area contributed by atoms with Crippen LogP contribution in [0.2, 0.25) is 10.0 Å². The molecule has 3 heteroatoms. The summed E-state index contributed by atoms with van der Waals surface area (Å²) in [6.45, 7) is 1.98. The largest absolute Gasteiger partial charge is 0.113 e. The Labute approximate surface area is 139 Å². The molecule has 3 aromatic rings. The third-order valence-electron chi connectivity index (χ3n) is 3.67. The van der Waals surface area contributed by atoms with Crippen LogP contribution < -0.4 is 0 Å². The van der Waals surface area contributed by atoms with Gasteiger partial charge in [0.1, 0.15) is 0 Å². The highest BCUT2D eigenvalue weighted by Gasteiger charge is 2.15. The van der Waals surface area contributed by atoms with Gasteiger partial charge in [-0.25, -0.2) is 0 Å². The summed E-state index contributed by atoms with van der Waals surface area (Å²) in [5.74, 6) is 0. The molecule has 3 aromatic carbocycles. The molecule has 0 aliphatic heterocycles. The Morgan fingerprint density at radius 3 is 2.24 bits per heavy atom. The van der Waals surface area contributed by atoms with Gasteiger partial charge in [0.25, 0.3) is 0 Å². The number of alkyl halides is 1. The maximum absolute atomic E-state index is 6.69. The number of benzene rings is 3. The predicted octanol–water partition coefficient (Wildman–Crippen LogP) is 6.78. The smallest absolute Gasteiger partial charge is 0.0841 e. The lowest BCUT2D eigenvalue weighted by Crippen LogP contribution is -1.95. The number of hydrogen-bond acceptors (Lipinski definition) is 0. The monoisotopic (exact) mass is 334 g/mol. The van der Waals surface area contributed by atoms with Crippen LogP contribution in [0.25, 0.3) is 10.8 Å². The molecule has 0 radical (unpaired) electrons. The molecule has 21 heavy (non-hydrogen) atoms. The number of rotatable bonds is 2. The fraction of sp³-hybridized carbons (Fsp3) is 0.111. The molecule has 0 N–H and O–H groups in total. The van der Waals surface area contributed by atoms with Crippen LogP contribution in [-0.2, 0) is 0 Å². The van der Waals surface area contributed by atoms with Crippen LogP contribution in [0.3, 0.4) is 0 Å². The standard InChI is InChI=1S/C18H13Cl3/c1-11-6-7-12(10-17(11)20)18(21)15-8-9-16(19)14-5-3-2-4-13(14)15/h2-10,18H,1H3. The van der Waals surface area contributed by atoms with Crippen LogP contribution in [0.4, 0.5) is 0 Å². The van der Waals surface area contributed by atoms with Crippen molar-refractivity contribution in [2.24, 2.45) is 0 Å². The van der Waals surface area contributed by atoms with E-state index < -0.39 is 0 Å².